The number of halogens is 1. The average Bonchev–Trinajstić information content (AvgIpc) is 2.89. The van der Waals surface area contributed by atoms with Crippen molar-refractivity contribution in [3.63, 3.8) is 0 Å². The molecule has 2 aliphatic rings. The molecule has 3 rings (SSSR count). The van der Waals surface area contributed by atoms with E-state index >= 15 is 0 Å². The maximum Gasteiger partial charge on any atom is 0.240 e. The van der Waals surface area contributed by atoms with Gasteiger partial charge in [0, 0.05) is 30.1 Å². The van der Waals surface area contributed by atoms with Crippen molar-refractivity contribution in [1.29, 1.82) is 0 Å². The largest absolute Gasteiger partial charge is 0.336 e. The lowest BCUT2D eigenvalue weighted by molar-refractivity contribution is -0.134. The molecule has 1 aromatic rings. The van der Waals surface area contributed by atoms with Crippen LogP contribution in [0.1, 0.15) is 29.5 Å². The SMILES string of the molecule is CC1NCCN(C(=O)C2SCCc3sccc32)C1C.Cl. The van der Waals surface area contributed by atoms with Crippen LogP contribution < -0.4 is 5.32 Å². The van der Waals surface area contributed by atoms with Crippen LogP contribution in [0.15, 0.2) is 11.4 Å². The number of hydrogen-bond donors (Lipinski definition) is 1. The van der Waals surface area contributed by atoms with Crippen molar-refractivity contribution in [2.75, 3.05) is 18.8 Å². The molecule has 0 saturated carbocycles. The van der Waals surface area contributed by atoms with Gasteiger partial charge in [0.1, 0.15) is 5.25 Å². The minimum Gasteiger partial charge on any atom is -0.336 e. The van der Waals surface area contributed by atoms with Gasteiger partial charge in [-0.2, -0.15) is 0 Å². The lowest BCUT2D eigenvalue weighted by Gasteiger charge is -2.40. The number of nitrogens with zero attached hydrogens (tertiary/aromatic N) is 1. The zero-order chi connectivity index (χ0) is 13.4. The van der Waals surface area contributed by atoms with E-state index in [1.807, 2.05) is 11.8 Å². The third-order valence-electron chi connectivity index (χ3n) is 4.22. The quantitative estimate of drug-likeness (QED) is 0.858. The number of fused-ring (bicyclic) bond motifs is 1. The van der Waals surface area contributed by atoms with Gasteiger partial charge in [-0.05, 0) is 43.0 Å². The minimum absolute atomic E-state index is 0. The summed E-state index contributed by atoms with van der Waals surface area (Å²) in [5, 5.41) is 5.59. The Bertz CT molecular complexity index is 479. The van der Waals surface area contributed by atoms with Gasteiger partial charge in [0.25, 0.3) is 0 Å². The molecule has 3 atom stereocenters. The van der Waals surface area contributed by atoms with Crippen LogP contribution in [0, 0.1) is 0 Å². The number of hydrogen-bond acceptors (Lipinski definition) is 4. The topological polar surface area (TPSA) is 32.3 Å². The molecular weight excluding hydrogens is 312 g/mol. The second-order valence-corrected chi connectivity index (χ2v) is 7.53. The van der Waals surface area contributed by atoms with Gasteiger partial charge >= 0.3 is 0 Å². The number of piperazine rings is 1. The second kappa shape index (κ2) is 6.69. The maximum atomic E-state index is 12.9. The number of thioether (sulfide) groups is 1. The molecule has 1 fully saturated rings. The van der Waals surface area contributed by atoms with Crippen LogP contribution in [0.3, 0.4) is 0 Å². The van der Waals surface area contributed by atoms with Crippen LogP contribution in [0.2, 0.25) is 0 Å². The van der Waals surface area contributed by atoms with Gasteiger partial charge < -0.3 is 10.2 Å². The van der Waals surface area contributed by atoms with Crippen molar-refractivity contribution in [2.45, 2.75) is 37.6 Å². The predicted octanol–water partition coefficient (Wildman–Crippen LogP) is 2.71. The summed E-state index contributed by atoms with van der Waals surface area (Å²) < 4.78 is 0. The smallest absolute Gasteiger partial charge is 0.240 e. The zero-order valence-electron chi connectivity index (χ0n) is 11.8. The Hall–Kier alpha value is -0.230. The van der Waals surface area contributed by atoms with Crippen LogP contribution in [-0.2, 0) is 11.2 Å². The first-order chi connectivity index (χ1) is 9.18. The van der Waals surface area contributed by atoms with Crippen LogP contribution in [-0.4, -0.2) is 41.7 Å². The molecule has 1 saturated heterocycles. The molecule has 112 valence electrons. The Morgan fingerprint density at radius 3 is 3.05 bits per heavy atom. The molecule has 0 aromatic carbocycles. The molecule has 2 aliphatic heterocycles. The number of nitrogens with one attached hydrogen (secondary N) is 1. The molecular formula is C14H21ClN2OS2. The van der Waals surface area contributed by atoms with Crippen LogP contribution in [0.25, 0.3) is 0 Å². The van der Waals surface area contributed by atoms with E-state index in [1.54, 1.807) is 11.3 Å². The van der Waals surface area contributed by atoms with Gasteiger partial charge in [-0.25, -0.2) is 0 Å². The average molecular weight is 333 g/mol. The van der Waals surface area contributed by atoms with Crippen molar-refractivity contribution >= 4 is 41.4 Å². The highest BCUT2D eigenvalue weighted by molar-refractivity contribution is 8.00. The molecule has 20 heavy (non-hydrogen) atoms. The summed E-state index contributed by atoms with van der Waals surface area (Å²) in [6, 6.07) is 2.81. The van der Waals surface area contributed by atoms with Crippen molar-refractivity contribution in [1.82, 2.24) is 10.2 Å². The predicted molar refractivity (Wildman–Crippen MR) is 89.1 cm³/mol. The lowest BCUT2D eigenvalue weighted by atomic mass is 10.0. The Morgan fingerprint density at radius 1 is 1.45 bits per heavy atom. The molecule has 0 spiro atoms. The fourth-order valence-electron chi connectivity index (χ4n) is 2.87. The standard InChI is InChI=1S/C14H20N2OS2.ClH/c1-9-10(2)16(6-5-15-9)14(17)13-11-3-7-18-12(11)4-8-19-13;/h3,7,9-10,13,15H,4-6,8H2,1-2H3;1H. The van der Waals surface area contributed by atoms with Gasteiger partial charge in [-0.15, -0.1) is 35.5 Å². The molecule has 1 amide bonds. The third-order valence-corrected chi connectivity index (χ3v) is 6.44. The van der Waals surface area contributed by atoms with Crippen molar-refractivity contribution in [3.05, 3.63) is 21.9 Å². The van der Waals surface area contributed by atoms with Gasteiger partial charge in [-0.1, -0.05) is 0 Å². The Kier molecular flexibility index (Phi) is 5.40. The monoisotopic (exact) mass is 332 g/mol. The Labute approximate surface area is 134 Å². The molecule has 0 radical (unpaired) electrons. The summed E-state index contributed by atoms with van der Waals surface area (Å²) in [5.74, 6) is 1.38. The molecule has 3 nitrogen and oxygen atoms in total. The number of aryl methyl sites for hydroxylation is 1. The van der Waals surface area contributed by atoms with Crippen molar-refractivity contribution < 1.29 is 4.79 Å². The van der Waals surface area contributed by atoms with E-state index in [2.05, 4.69) is 35.5 Å². The van der Waals surface area contributed by atoms with Crippen molar-refractivity contribution in [2.24, 2.45) is 0 Å². The molecule has 0 aliphatic carbocycles. The lowest BCUT2D eigenvalue weighted by Crippen LogP contribution is -2.58. The van der Waals surface area contributed by atoms with E-state index in [0.29, 0.717) is 11.9 Å². The molecule has 1 N–H and O–H groups in total. The first kappa shape index (κ1) is 16.1. The van der Waals surface area contributed by atoms with Gasteiger partial charge in [0.15, 0.2) is 0 Å². The highest BCUT2D eigenvalue weighted by Crippen LogP contribution is 2.40. The number of thiophene rings is 1. The Balaban J connectivity index is 0.00000147. The van der Waals surface area contributed by atoms with E-state index in [-0.39, 0.29) is 23.7 Å². The zero-order valence-corrected chi connectivity index (χ0v) is 14.2. The van der Waals surface area contributed by atoms with Crippen molar-refractivity contribution in [3.8, 4) is 0 Å². The Morgan fingerprint density at radius 2 is 2.25 bits per heavy atom. The minimum atomic E-state index is 0. The van der Waals surface area contributed by atoms with Crippen LogP contribution in [0.4, 0.5) is 0 Å². The van der Waals surface area contributed by atoms with Gasteiger partial charge in [-0.3, -0.25) is 4.79 Å². The van der Waals surface area contributed by atoms with E-state index in [9.17, 15) is 4.79 Å². The summed E-state index contributed by atoms with van der Waals surface area (Å²) in [6.07, 6.45) is 1.12. The van der Waals surface area contributed by atoms with E-state index in [4.69, 9.17) is 0 Å². The highest BCUT2D eigenvalue weighted by atomic mass is 35.5. The molecule has 6 heteroatoms. The van der Waals surface area contributed by atoms with E-state index in [1.165, 1.54) is 10.4 Å². The summed E-state index contributed by atoms with van der Waals surface area (Å²) in [4.78, 5) is 16.3. The summed E-state index contributed by atoms with van der Waals surface area (Å²) in [5.41, 5.74) is 1.27. The highest BCUT2D eigenvalue weighted by Gasteiger charge is 2.35. The molecule has 3 heterocycles. The summed E-state index contributed by atoms with van der Waals surface area (Å²) in [6.45, 7) is 6.05. The normalized spacial score (nSPS) is 29.5. The van der Waals surface area contributed by atoms with Crippen LogP contribution >= 0.6 is 35.5 Å². The van der Waals surface area contributed by atoms with Gasteiger partial charge in [0.2, 0.25) is 5.91 Å². The van der Waals surface area contributed by atoms with E-state index in [0.717, 1.165) is 25.3 Å². The van der Waals surface area contributed by atoms with Gasteiger partial charge in [0.05, 0.1) is 0 Å². The first-order valence-corrected chi connectivity index (χ1v) is 8.83. The number of carbonyl (C=O) groups is 1. The molecule has 1 aromatic heterocycles. The maximum absolute atomic E-state index is 12.9. The number of carbonyl (C=O) groups excluding carboxylic acids is 1. The molecule has 3 unspecified atom stereocenters. The summed E-state index contributed by atoms with van der Waals surface area (Å²) in [7, 11) is 0. The third kappa shape index (κ3) is 2.86. The fourth-order valence-corrected chi connectivity index (χ4v) is 5.23. The number of rotatable bonds is 1. The van der Waals surface area contributed by atoms with Crippen LogP contribution in [0.5, 0.6) is 0 Å². The molecule has 0 bridgehead atoms. The van der Waals surface area contributed by atoms with E-state index < -0.39 is 0 Å². The first-order valence-electron chi connectivity index (χ1n) is 6.90. The second-order valence-electron chi connectivity index (χ2n) is 5.31. The fraction of sp³-hybridized carbons (Fsp3) is 0.643. The number of amides is 1. The summed E-state index contributed by atoms with van der Waals surface area (Å²) >= 11 is 3.61.